The second-order valence-electron chi connectivity index (χ2n) is 7.00. The first-order chi connectivity index (χ1) is 12.7. The molecule has 0 unspecified atom stereocenters. The number of carbonyl (C=O) groups excluding carboxylic acids is 1. The number of carbonyl (C=O) groups is 1. The van der Waals surface area contributed by atoms with Crippen molar-refractivity contribution in [3.05, 3.63) is 89.5 Å². The first-order valence-electron chi connectivity index (χ1n) is 9.09. The van der Waals surface area contributed by atoms with Crippen molar-refractivity contribution in [3.8, 4) is 0 Å². The molecule has 1 saturated carbocycles. The summed E-state index contributed by atoms with van der Waals surface area (Å²) in [7, 11) is 0. The molecule has 4 heteroatoms. The summed E-state index contributed by atoms with van der Waals surface area (Å²) in [5.74, 6) is 1.67. The van der Waals surface area contributed by atoms with E-state index in [2.05, 4.69) is 45.2 Å². The van der Waals surface area contributed by atoms with Gasteiger partial charge in [0, 0.05) is 31.4 Å². The van der Waals surface area contributed by atoms with Crippen LogP contribution in [-0.2, 0) is 17.9 Å². The van der Waals surface area contributed by atoms with E-state index >= 15 is 0 Å². The van der Waals surface area contributed by atoms with Crippen LogP contribution in [0.5, 0.6) is 0 Å². The maximum atomic E-state index is 12.4. The second-order valence-corrected chi connectivity index (χ2v) is 7.00. The molecule has 0 spiro atoms. The van der Waals surface area contributed by atoms with Crippen molar-refractivity contribution in [2.45, 2.75) is 32.4 Å². The van der Waals surface area contributed by atoms with Crippen molar-refractivity contribution in [2.24, 2.45) is 5.92 Å². The van der Waals surface area contributed by atoms with Crippen LogP contribution in [0.4, 0.5) is 0 Å². The molecule has 3 aromatic rings. The fraction of sp³-hybridized carbons (Fsp3) is 0.273. The lowest BCUT2D eigenvalue weighted by atomic mass is 10.1. The summed E-state index contributed by atoms with van der Waals surface area (Å²) in [6.07, 6.45) is 4.76. The number of amides is 1. The van der Waals surface area contributed by atoms with E-state index in [-0.39, 0.29) is 11.8 Å². The van der Waals surface area contributed by atoms with E-state index in [9.17, 15) is 4.79 Å². The summed E-state index contributed by atoms with van der Waals surface area (Å²) < 4.78 is 2.12. The first kappa shape index (κ1) is 16.6. The van der Waals surface area contributed by atoms with Gasteiger partial charge in [-0.15, -0.1) is 0 Å². The quantitative estimate of drug-likeness (QED) is 0.741. The number of aryl methyl sites for hydroxylation is 1. The molecule has 2 aromatic carbocycles. The van der Waals surface area contributed by atoms with Crippen LogP contribution in [-0.4, -0.2) is 15.5 Å². The van der Waals surface area contributed by atoms with Gasteiger partial charge in [0.2, 0.25) is 5.91 Å². The Hall–Kier alpha value is -2.88. The Balaban J connectivity index is 1.33. The van der Waals surface area contributed by atoms with E-state index in [0.717, 1.165) is 24.4 Å². The summed E-state index contributed by atoms with van der Waals surface area (Å²) >= 11 is 0. The third-order valence-electron chi connectivity index (χ3n) is 5.09. The highest BCUT2D eigenvalue weighted by Gasteiger charge is 2.43. The van der Waals surface area contributed by atoms with Crippen LogP contribution in [0.3, 0.4) is 0 Å². The van der Waals surface area contributed by atoms with E-state index in [1.807, 2.05) is 43.6 Å². The maximum Gasteiger partial charge on any atom is 0.224 e. The SMILES string of the molecule is Cc1nccn1Cc1cccc(CNC(=O)[C@@H]2C[C@@H]2c2ccccc2)c1. The minimum Gasteiger partial charge on any atom is -0.352 e. The monoisotopic (exact) mass is 345 g/mol. The molecule has 4 rings (SSSR count). The lowest BCUT2D eigenvalue weighted by Crippen LogP contribution is -2.24. The van der Waals surface area contributed by atoms with Gasteiger partial charge in [0.25, 0.3) is 0 Å². The van der Waals surface area contributed by atoms with Crippen molar-refractivity contribution in [1.29, 1.82) is 0 Å². The molecule has 1 heterocycles. The predicted octanol–water partition coefficient (Wildman–Crippen LogP) is 3.66. The minimum absolute atomic E-state index is 0.120. The van der Waals surface area contributed by atoms with Crippen molar-refractivity contribution >= 4 is 5.91 Å². The summed E-state index contributed by atoms with van der Waals surface area (Å²) in [4.78, 5) is 16.7. The highest BCUT2D eigenvalue weighted by atomic mass is 16.2. The predicted molar refractivity (Wildman–Crippen MR) is 102 cm³/mol. The lowest BCUT2D eigenvalue weighted by Gasteiger charge is -2.09. The maximum absolute atomic E-state index is 12.4. The highest BCUT2D eigenvalue weighted by Crippen LogP contribution is 2.47. The molecule has 132 valence electrons. The fourth-order valence-corrected chi connectivity index (χ4v) is 3.48. The van der Waals surface area contributed by atoms with Gasteiger partial charge in [0.05, 0.1) is 0 Å². The minimum atomic E-state index is 0.120. The third kappa shape index (κ3) is 3.69. The average molecular weight is 345 g/mol. The number of nitrogens with one attached hydrogen (secondary N) is 1. The summed E-state index contributed by atoms with van der Waals surface area (Å²) in [6, 6.07) is 18.7. The average Bonchev–Trinajstić information content (AvgIpc) is 3.38. The normalized spacial score (nSPS) is 18.5. The van der Waals surface area contributed by atoms with Gasteiger partial charge in [-0.3, -0.25) is 4.79 Å². The van der Waals surface area contributed by atoms with Gasteiger partial charge in [-0.05, 0) is 36.0 Å². The molecule has 0 saturated heterocycles. The largest absolute Gasteiger partial charge is 0.352 e. The molecule has 1 amide bonds. The molecule has 26 heavy (non-hydrogen) atoms. The molecule has 0 bridgehead atoms. The molecule has 1 aliphatic carbocycles. The number of aromatic nitrogens is 2. The van der Waals surface area contributed by atoms with E-state index in [1.165, 1.54) is 11.1 Å². The Morgan fingerprint density at radius 2 is 1.96 bits per heavy atom. The Kier molecular flexibility index (Phi) is 4.57. The molecule has 1 aromatic heterocycles. The van der Waals surface area contributed by atoms with Gasteiger partial charge in [-0.1, -0.05) is 54.6 Å². The van der Waals surface area contributed by atoms with Gasteiger partial charge in [-0.25, -0.2) is 4.98 Å². The zero-order chi connectivity index (χ0) is 17.9. The summed E-state index contributed by atoms with van der Waals surface area (Å²) in [5.41, 5.74) is 3.61. The highest BCUT2D eigenvalue weighted by molar-refractivity contribution is 5.82. The zero-order valence-electron chi connectivity index (χ0n) is 14.9. The second kappa shape index (κ2) is 7.16. The molecule has 2 atom stereocenters. The molecule has 0 radical (unpaired) electrons. The van der Waals surface area contributed by atoms with Gasteiger partial charge < -0.3 is 9.88 Å². The van der Waals surface area contributed by atoms with Crippen molar-refractivity contribution < 1.29 is 4.79 Å². The van der Waals surface area contributed by atoms with Crippen LogP contribution >= 0.6 is 0 Å². The van der Waals surface area contributed by atoms with Crippen LogP contribution in [0.15, 0.2) is 67.0 Å². The van der Waals surface area contributed by atoms with E-state index < -0.39 is 0 Å². The van der Waals surface area contributed by atoms with Crippen LogP contribution < -0.4 is 5.32 Å². The number of hydrogen-bond acceptors (Lipinski definition) is 2. The summed E-state index contributed by atoms with van der Waals surface area (Å²) in [6.45, 7) is 3.38. The first-order valence-corrected chi connectivity index (χ1v) is 9.09. The number of imidazole rings is 1. The number of hydrogen-bond donors (Lipinski definition) is 1. The standard InChI is InChI=1S/C22H23N3O/c1-16-23-10-11-25(16)15-18-7-5-6-17(12-18)14-24-22(26)21-13-20(21)19-8-3-2-4-9-19/h2-12,20-21H,13-15H2,1H3,(H,24,26)/t20-,21-/m1/s1. The molecule has 4 nitrogen and oxygen atoms in total. The molecular formula is C22H23N3O. The molecule has 1 fully saturated rings. The van der Waals surface area contributed by atoms with Crippen LogP contribution in [0.1, 0.15) is 34.9 Å². The third-order valence-corrected chi connectivity index (χ3v) is 5.09. The van der Waals surface area contributed by atoms with Gasteiger partial charge in [-0.2, -0.15) is 0 Å². The Bertz CT molecular complexity index is 901. The van der Waals surface area contributed by atoms with Crippen molar-refractivity contribution in [3.63, 3.8) is 0 Å². The topological polar surface area (TPSA) is 46.9 Å². The van der Waals surface area contributed by atoms with Crippen LogP contribution in [0.2, 0.25) is 0 Å². The summed E-state index contributed by atoms with van der Waals surface area (Å²) in [5, 5.41) is 3.10. The Morgan fingerprint density at radius 1 is 1.15 bits per heavy atom. The number of rotatable bonds is 6. The smallest absolute Gasteiger partial charge is 0.224 e. The lowest BCUT2D eigenvalue weighted by molar-refractivity contribution is -0.122. The fourth-order valence-electron chi connectivity index (χ4n) is 3.48. The Labute approximate surface area is 153 Å². The van der Waals surface area contributed by atoms with Crippen molar-refractivity contribution in [2.75, 3.05) is 0 Å². The molecular weight excluding hydrogens is 322 g/mol. The molecule has 1 aliphatic rings. The van der Waals surface area contributed by atoms with Gasteiger partial charge in [0.1, 0.15) is 5.82 Å². The zero-order valence-corrected chi connectivity index (χ0v) is 14.9. The van der Waals surface area contributed by atoms with Gasteiger partial charge >= 0.3 is 0 Å². The van der Waals surface area contributed by atoms with Crippen LogP contribution in [0.25, 0.3) is 0 Å². The van der Waals surface area contributed by atoms with E-state index in [1.54, 1.807) is 0 Å². The molecule has 0 aliphatic heterocycles. The van der Waals surface area contributed by atoms with E-state index in [0.29, 0.717) is 12.5 Å². The van der Waals surface area contributed by atoms with E-state index in [4.69, 9.17) is 0 Å². The number of nitrogens with zero attached hydrogens (tertiary/aromatic N) is 2. The van der Waals surface area contributed by atoms with Crippen molar-refractivity contribution in [1.82, 2.24) is 14.9 Å². The van der Waals surface area contributed by atoms with Crippen LogP contribution in [0, 0.1) is 12.8 Å². The molecule has 1 N–H and O–H groups in total. The number of benzene rings is 2. The Morgan fingerprint density at radius 3 is 2.73 bits per heavy atom. The van der Waals surface area contributed by atoms with Gasteiger partial charge in [0.15, 0.2) is 0 Å².